The Morgan fingerprint density at radius 1 is 1.59 bits per heavy atom. The Bertz CT molecular complexity index is 421. The van der Waals surface area contributed by atoms with Gasteiger partial charge in [-0.3, -0.25) is 4.79 Å². The van der Waals surface area contributed by atoms with Crippen LogP contribution >= 0.6 is 23.4 Å². The van der Waals surface area contributed by atoms with E-state index in [2.05, 4.69) is 10.3 Å². The molecule has 2 rings (SSSR count). The third-order valence-electron chi connectivity index (χ3n) is 2.58. The highest BCUT2D eigenvalue weighted by Crippen LogP contribution is 2.19. The van der Waals surface area contributed by atoms with E-state index in [0.717, 1.165) is 18.6 Å². The molecule has 17 heavy (non-hydrogen) atoms. The Kier molecular flexibility index (Phi) is 4.12. The average molecular weight is 272 g/mol. The summed E-state index contributed by atoms with van der Waals surface area (Å²) in [6, 6.07) is 3.38. The van der Waals surface area contributed by atoms with Crippen molar-refractivity contribution in [1.29, 1.82) is 0 Å². The summed E-state index contributed by atoms with van der Waals surface area (Å²) in [6.07, 6.45) is 2.15. The molecule has 1 atom stereocenters. The minimum absolute atomic E-state index is 0.209. The van der Waals surface area contributed by atoms with E-state index in [1.165, 1.54) is 5.75 Å². The first kappa shape index (κ1) is 12.5. The molecule has 2 heterocycles. The lowest BCUT2D eigenvalue weighted by atomic mass is 10.2. The van der Waals surface area contributed by atoms with Crippen molar-refractivity contribution in [3.05, 3.63) is 22.8 Å². The van der Waals surface area contributed by atoms with Crippen LogP contribution < -0.4 is 11.1 Å². The fourth-order valence-electron chi connectivity index (χ4n) is 1.72. The fraction of sp³-hybridized carbons (Fsp3) is 0.455. The molecule has 0 radical (unpaired) electrons. The summed E-state index contributed by atoms with van der Waals surface area (Å²) >= 11 is 7.78. The number of aromatic nitrogens is 1. The van der Waals surface area contributed by atoms with Crippen LogP contribution in [0.5, 0.6) is 0 Å². The maximum Gasteiger partial charge on any atom is 0.271 e. The molecule has 1 aliphatic heterocycles. The number of nitrogen functional groups attached to an aromatic ring is 1. The predicted octanol–water partition coefficient (Wildman–Crippen LogP) is 1.94. The summed E-state index contributed by atoms with van der Waals surface area (Å²) in [5, 5.41) is 3.27. The molecule has 6 heteroatoms. The number of carbonyl (C=O) groups is 1. The van der Waals surface area contributed by atoms with Crippen molar-refractivity contribution < 1.29 is 4.79 Å². The second-order valence-corrected chi connectivity index (χ2v) is 5.51. The van der Waals surface area contributed by atoms with Gasteiger partial charge >= 0.3 is 0 Å². The molecular weight excluding hydrogens is 258 g/mol. The molecule has 4 nitrogen and oxygen atoms in total. The van der Waals surface area contributed by atoms with Gasteiger partial charge in [-0.2, -0.15) is 11.8 Å². The van der Waals surface area contributed by atoms with Crippen LogP contribution in [-0.4, -0.2) is 28.4 Å². The molecule has 1 amide bonds. The standard InChI is InChI=1S/C11H14ClN3OS/c12-8-3-4-9(13)15-10(8)11(16)14-7-2-1-5-17-6-7/h3-4,7H,1-2,5-6H2,(H2,13,15)(H,14,16). The van der Waals surface area contributed by atoms with Crippen molar-refractivity contribution in [2.24, 2.45) is 0 Å². The number of amides is 1. The van der Waals surface area contributed by atoms with E-state index in [0.29, 0.717) is 10.8 Å². The largest absolute Gasteiger partial charge is 0.384 e. The van der Waals surface area contributed by atoms with E-state index in [1.807, 2.05) is 11.8 Å². The Morgan fingerprint density at radius 3 is 3.12 bits per heavy atom. The van der Waals surface area contributed by atoms with Crippen LogP contribution in [0.25, 0.3) is 0 Å². The second kappa shape index (κ2) is 5.60. The van der Waals surface area contributed by atoms with Crippen LogP contribution in [0.1, 0.15) is 23.3 Å². The predicted molar refractivity (Wildman–Crippen MR) is 71.5 cm³/mol. The van der Waals surface area contributed by atoms with Gasteiger partial charge in [0.15, 0.2) is 0 Å². The number of carbonyl (C=O) groups excluding carboxylic acids is 1. The van der Waals surface area contributed by atoms with E-state index in [4.69, 9.17) is 17.3 Å². The summed E-state index contributed by atoms with van der Waals surface area (Å²) in [5.41, 5.74) is 5.75. The number of halogens is 1. The number of anilines is 1. The zero-order chi connectivity index (χ0) is 12.3. The van der Waals surface area contributed by atoms with Crippen molar-refractivity contribution in [2.45, 2.75) is 18.9 Å². The Morgan fingerprint density at radius 2 is 2.41 bits per heavy atom. The Labute approximate surface area is 109 Å². The fourth-order valence-corrected chi connectivity index (χ4v) is 2.99. The van der Waals surface area contributed by atoms with Gasteiger partial charge in [-0.25, -0.2) is 4.98 Å². The molecule has 3 N–H and O–H groups in total. The van der Waals surface area contributed by atoms with Crippen LogP contribution in [0.4, 0.5) is 5.82 Å². The zero-order valence-electron chi connectivity index (χ0n) is 9.28. The molecule has 0 aromatic carbocycles. The van der Waals surface area contributed by atoms with Gasteiger partial charge < -0.3 is 11.1 Å². The molecular formula is C11H14ClN3OS. The molecule has 0 aliphatic carbocycles. The van der Waals surface area contributed by atoms with Gasteiger partial charge in [0.25, 0.3) is 5.91 Å². The molecule has 1 aromatic rings. The molecule has 1 aromatic heterocycles. The summed E-state index contributed by atoms with van der Waals surface area (Å²) in [6.45, 7) is 0. The van der Waals surface area contributed by atoms with Crippen LogP contribution in [0.15, 0.2) is 12.1 Å². The number of pyridine rings is 1. The van der Waals surface area contributed by atoms with Gasteiger partial charge in [-0.05, 0) is 30.7 Å². The van der Waals surface area contributed by atoms with Crippen molar-refractivity contribution in [2.75, 3.05) is 17.2 Å². The van der Waals surface area contributed by atoms with Crippen LogP contribution in [0.2, 0.25) is 5.02 Å². The molecule has 0 bridgehead atoms. The van der Waals surface area contributed by atoms with E-state index in [1.54, 1.807) is 12.1 Å². The number of hydrogen-bond donors (Lipinski definition) is 2. The number of thioether (sulfide) groups is 1. The van der Waals surface area contributed by atoms with Crippen LogP contribution in [0.3, 0.4) is 0 Å². The van der Waals surface area contributed by atoms with E-state index in [9.17, 15) is 4.79 Å². The van der Waals surface area contributed by atoms with E-state index in [-0.39, 0.29) is 17.6 Å². The van der Waals surface area contributed by atoms with Gasteiger partial charge in [-0.1, -0.05) is 11.6 Å². The smallest absolute Gasteiger partial charge is 0.271 e. The summed E-state index contributed by atoms with van der Waals surface area (Å²) in [7, 11) is 0. The van der Waals surface area contributed by atoms with Crippen molar-refractivity contribution >= 4 is 35.1 Å². The van der Waals surface area contributed by atoms with E-state index >= 15 is 0 Å². The minimum atomic E-state index is -0.241. The number of nitrogens with zero attached hydrogens (tertiary/aromatic N) is 1. The highest BCUT2D eigenvalue weighted by molar-refractivity contribution is 7.99. The third-order valence-corrected chi connectivity index (χ3v) is 4.10. The summed E-state index contributed by atoms with van der Waals surface area (Å²) in [4.78, 5) is 15.9. The van der Waals surface area contributed by atoms with Crippen molar-refractivity contribution in [1.82, 2.24) is 10.3 Å². The maximum atomic E-state index is 12.0. The molecule has 1 fully saturated rings. The maximum absolute atomic E-state index is 12.0. The lowest BCUT2D eigenvalue weighted by molar-refractivity contribution is 0.0934. The number of rotatable bonds is 2. The second-order valence-electron chi connectivity index (χ2n) is 3.95. The highest BCUT2D eigenvalue weighted by Gasteiger charge is 2.19. The SMILES string of the molecule is Nc1ccc(Cl)c(C(=O)NC2CCCSC2)n1. The Hall–Kier alpha value is -0.940. The van der Waals surface area contributed by atoms with Crippen LogP contribution in [0, 0.1) is 0 Å². The first-order valence-electron chi connectivity index (χ1n) is 5.47. The topological polar surface area (TPSA) is 68.0 Å². The molecule has 1 unspecified atom stereocenters. The average Bonchev–Trinajstić information content (AvgIpc) is 2.33. The first-order valence-corrected chi connectivity index (χ1v) is 7.00. The van der Waals surface area contributed by atoms with Crippen LogP contribution in [-0.2, 0) is 0 Å². The third kappa shape index (κ3) is 3.26. The van der Waals surface area contributed by atoms with E-state index < -0.39 is 0 Å². The molecule has 0 spiro atoms. The normalized spacial score (nSPS) is 19.9. The van der Waals surface area contributed by atoms with Crippen molar-refractivity contribution in [3.63, 3.8) is 0 Å². The molecule has 92 valence electrons. The molecule has 0 saturated carbocycles. The first-order chi connectivity index (χ1) is 8.16. The van der Waals surface area contributed by atoms with Gasteiger partial charge in [-0.15, -0.1) is 0 Å². The van der Waals surface area contributed by atoms with Gasteiger partial charge in [0.05, 0.1) is 5.02 Å². The lowest BCUT2D eigenvalue weighted by Crippen LogP contribution is -2.38. The zero-order valence-corrected chi connectivity index (χ0v) is 10.9. The number of hydrogen-bond acceptors (Lipinski definition) is 4. The summed E-state index contributed by atoms with van der Waals surface area (Å²) < 4.78 is 0. The quantitative estimate of drug-likeness (QED) is 0.863. The number of nitrogens with two attached hydrogens (primary N) is 1. The number of nitrogens with one attached hydrogen (secondary N) is 1. The van der Waals surface area contributed by atoms with Gasteiger partial charge in [0, 0.05) is 11.8 Å². The van der Waals surface area contributed by atoms with Crippen molar-refractivity contribution in [3.8, 4) is 0 Å². The Balaban J connectivity index is 2.05. The molecule has 1 saturated heterocycles. The monoisotopic (exact) mass is 271 g/mol. The lowest BCUT2D eigenvalue weighted by Gasteiger charge is -2.22. The highest BCUT2D eigenvalue weighted by atomic mass is 35.5. The van der Waals surface area contributed by atoms with Gasteiger partial charge in [0.2, 0.25) is 0 Å². The minimum Gasteiger partial charge on any atom is -0.384 e. The molecule has 1 aliphatic rings. The van der Waals surface area contributed by atoms with Gasteiger partial charge in [0.1, 0.15) is 11.5 Å². The summed E-state index contributed by atoms with van der Waals surface area (Å²) in [5.74, 6) is 2.18.